The average molecular weight is 299 g/mol. The molecule has 1 aromatic heterocycles. The number of pyridine rings is 1. The Morgan fingerprint density at radius 1 is 1.27 bits per heavy atom. The quantitative estimate of drug-likeness (QED) is 0.393. The second-order valence-corrected chi connectivity index (χ2v) is 6.19. The highest BCUT2D eigenvalue weighted by Crippen LogP contribution is 2.35. The normalized spacial score (nSPS) is 12.3. The van der Waals surface area contributed by atoms with Crippen LogP contribution in [-0.2, 0) is 5.41 Å². The van der Waals surface area contributed by atoms with Crippen LogP contribution in [0.2, 0.25) is 0 Å². The van der Waals surface area contributed by atoms with E-state index in [1.807, 2.05) is 19.1 Å². The van der Waals surface area contributed by atoms with Crippen LogP contribution < -0.4 is 10.5 Å². The summed E-state index contributed by atoms with van der Waals surface area (Å²) in [6.45, 7) is 8.41. The van der Waals surface area contributed by atoms with Crippen molar-refractivity contribution in [3.8, 4) is 11.6 Å². The van der Waals surface area contributed by atoms with Crippen molar-refractivity contribution in [2.24, 2.45) is 10.9 Å². The third kappa shape index (κ3) is 3.36. The first-order valence-electron chi connectivity index (χ1n) is 7.05. The molecule has 0 fully saturated rings. The molecule has 0 saturated heterocycles. The van der Waals surface area contributed by atoms with Gasteiger partial charge in [0.25, 0.3) is 0 Å². The highest BCUT2D eigenvalue weighted by atomic mass is 16.5. The summed E-state index contributed by atoms with van der Waals surface area (Å²) in [6, 6.07) is 9.40. The highest BCUT2D eigenvalue weighted by Gasteiger charge is 2.21. The predicted octanol–water partition coefficient (Wildman–Crippen LogP) is 3.57. The first kappa shape index (κ1) is 15.8. The number of amidine groups is 1. The van der Waals surface area contributed by atoms with Crippen LogP contribution >= 0.6 is 0 Å². The molecule has 1 aromatic carbocycles. The van der Waals surface area contributed by atoms with E-state index in [0.717, 1.165) is 11.1 Å². The molecule has 5 heteroatoms. The van der Waals surface area contributed by atoms with Gasteiger partial charge in [0.05, 0.1) is 5.56 Å². The van der Waals surface area contributed by atoms with Gasteiger partial charge in [0.15, 0.2) is 5.84 Å². The standard InChI is InChI=1S/C17H21N3O2/c1-11-7-8-14(13(10-11)17(2,3)4)22-16-12(15(18)20-21)6-5-9-19-16/h5-10,21H,1-4H3,(H2,18,20). The van der Waals surface area contributed by atoms with E-state index in [1.165, 1.54) is 0 Å². The Morgan fingerprint density at radius 3 is 2.64 bits per heavy atom. The summed E-state index contributed by atoms with van der Waals surface area (Å²) in [5.41, 5.74) is 8.28. The van der Waals surface area contributed by atoms with Gasteiger partial charge in [-0.3, -0.25) is 0 Å². The van der Waals surface area contributed by atoms with Crippen molar-refractivity contribution in [1.82, 2.24) is 4.98 Å². The maximum absolute atomic E-state index is 8.88. The summed E-state index contributed by atoms with van der Waals surface area (Å²) in [5, 5.41) is 11.9. The Bertz CT molecular complexity index is 703. The van der Waals surface area contributed by atoms with Crippen molar-refractivity contribution in [1.29, 1.82) is 0 Å². The van der Waals surface area contributed by atoms with Gasteiger partial charge in [0, 0.05) is 11.8 Å². The molecule has 3 N–H and O–H groups in total. The van der Waals surface area contributed by atoms with Crippen LogP contribution in [0.5, 0.6) is 11.6 Å². The van der Waals surface area contributed by atoms with E-state index in [2.05, 4.69) is 37.0 Å². The number of ether oxygens (including phenoxy) is 1. The molecule has 116 valence electrons. The van der Waals surface area contributed by atoms with Gasteiger partial charge in [-0.2, -0.15) is 0 Å². The number of nitrogens with two attached hydrogens (primary N) is 1. The van der Waals surface area contributed by atoms with E-state index in [9.17, 15) is 0 Å². The first-order chi connectivity index (χ1) is 10.3. The van der Waals surface area contributed by atoms with Crippen molar-refractivity contribution in [3.05, 3.63) is 53.2 Å². The Hall–Kier alpha value is -2.56. The number of oxime groups is 1. The van der Waals surface area contributed by atoms with E-state index in [0.29, 0.717) is 17.2 Å². The monoisotopic (exact) mass is 299 g/mol. The smallest absolute Gasteiger partial charge is 0.230 e. The number of rotatable bonds is 3. The maximum atomic E-state index is 8.88. The molecule has 0 aliphatic carbocycles. The molecule has 0 amide bonds. The molecule has 0 unspecified atom stereocenters. The highest BCUT2D eigenvalue weighted by molar-refractivity contribution is 5.99. The molecule has 22 heavy (non-hydrogen) atoms. The lowest BCUT2D eigenvalue weighted by Crippen LogP contribution is -2.16. The Kier molecular flexibility index (Phi) is 4.35. The zero-order chi connectivity index (χ0) is 16.3. The summed E-state index contributed by atoms with van der Waals surface area (Å²) < 4.78 is 5.96. The minimum absolute atomic E-state index is 0.0347. The van der Waals surface area contributed by atoms with E-state index >= 15 is 0 Å². The van der Waals surface area contributed by atoms with Crippen molar-refractivity contribution in [2.75, 3.05) is 0 Å². The van der Waals surface area contributed by atoms with E-state index in [-0.39, 0.29) is 11.3 Å². The number of aromatic nitrogens is 1. The van der Waals surface area contributed by atoms with Gasteiger partial charge in [0.2, 0.25) is 5.88 Å². The molecule has 2 rings (SSSR count). The zero-order valence-corrected chi connectivity index (χ0v) is 13.3. The largest absolute Gasteiger partial charge is 0.438 e. The van der Waals surface area contributed by atoms with Gasteiger partial charge >= 0.3 is 0 Å². The van der Waals surface area contributed by atoms with Gasteiger partial charge < -0.3 is 15.7 Å². The van der Waals surface area contributed by atoms with Crippen molar-refractivity contribution in [3.63, 3.8) is 0 Å². The second kappa shape index (κ2) is 6.05. The molecule has 0 spiro atoms. The maximum Gasteiger partial charge on any atom is 0.230 e. The lowest BCUT2D eigenvalue weighted by Gasteiger charge is -2.23. The topological polar surface area (TPSA) is 80.7 Å². The molecule has 0 radical (unpaired) electrons. The Balaban J connectivity index is 2.49. The SMILES string of the molecule is Cc1ccc(Oc2ncccc2/C(N)=N/O)c(C(C)(C)C)c1. The number of benzene rings is 1. The van der Waals surface area contributed by atoms with E-state index in [4.69, 9.17) is 15.7 Å². The summed E-state index contributed by atoms with van der Waals surface area (Å²) in [4.78, 5) is 4.19. The van der Waals surface area contributed by atoms with Gasteiger partial charge in [0.1, 0.15) is 5.75 Å². The number of aryl methyl sites for hydroxylation is 1. The van der Waals surface area contributed by atoms with Crippen LogP contribution in [0.25, 0.3) is 0 Å². The molecular formula is C17H21N3O2. The Labute approximate surface area is 130 Å². The molecule has 2 aromatic rings. The van der Waals surface area contributed by atoms with Crippen molar-refractivity contribution >= 4 is 5.84 Å². The van der Waals surface area contributed by atoms with Gasteiger partial charge in [-0.05, 0) is 30.5 Å². The summed E-state index contributed by atoms with van der Waals surface area (Å²) in [6.07, 6.45) is 1.61. The third-order valence-electron chi connectivity index (χ3n) is 3.30. The molecule has 1 heterocycles. The number of nitrogens with zero attached hydrogens (tertiary/aromatic N) is 2. The molecular weight excluding hydrogens is 278 g/mol. The lowest BCUT2D eigenvalue weighted by molar-refractivity contribution is 0.318. The predicted molar refractivity (Wildman–Crippen MR) is 86.7 cm³/mol. The van der Waals surface area contributed by atoms with Crippen LogP contribution in [0, 0.1) is 6.92 Å². The summed E-state index contributed by atoms with van der Waals surface area (Å²) in [7, 11) is 0. The Morgan fingerprint density at radius 2 is 2.00 bits per heavy atom. The van der Waals surface area contributed by atoms with E-state index in [1.54, 1.807) is 18.3 Å². The van der Waals surface area contributed by atoms with E-state index < -0.39 is 0 Å². The molecule has 0 atom stereocenters. The average Bonchev–Trinajstić information content (AvgIpc) is 2.48. The fraction of sp³-hybridized carbons (Fsp3) is 0.294. The van der Waals surface area contributed by atoms with Crippen LogP contribution in [0.15, 0.2) is 41.7 Å². The minimum atomic E-state index is -0.0765. The first-order valence-corrected chi connectivity index (χ1v) is 7.05. The van der Waals surface area contributed by atoms with Crippen LogP contribution in [0.1, 0.15) is 37.5 Å². The van der Waals surface area contributed by atoms with Crippen LogP contribution in [-0.4, -0.2) is 16.0 Å². The van der Waals surface area contributed by atoms with Gasteiger partial charge in [-0.15, -0.1) is 0 Å². The molecule has 0 aliphatic heterocycles. The molecule has 0 aliphatic rings. The van der Waals surface area contributed by atoms with Gasteiger partial charge in [-0.1, -0.05) is 43.6 Å². The zero-order valence-electron chi connectivity index (χ0n) is 13.3. The van der Waals surface area contributed by atoms with Crippen LogP contribution in [0.4, 0.5) is 0 Å². The van der Waals surface area contributed by atoms with Crippen LogP contribution in [0.3, 0.4) is 0 Å². The number of hydrogen-bond acceptors (Lipinski definition) is 4. The molecule has 0 saturated carbocycles. The van der Waals surface area contributed by atoms with Crippen molar-refractivity contribution in [2.45, 2.75) is 33.1 Å². The molecule has 0 bridgehead atoms. The minimum Gasteiger partial charge on any atom is -0.438 e. The summed E-state index contributed by atoms with van der Waals surface area (Å²) in [5.74, 6) is 0.989. The van der Waals surface area contributed by atoms with Crippen molar-refractivity contribution < 1.29 is 9.94 Å². The summed E-state index contributed by atoms with van der Waals surface area (Å²) >= 11 is 0. The molecule has 5 nitrogen and oxygen atoms in total. The number of hydrogen-bond donors (Lipinski definition) is 2. The second-order valence-electron chi connectivity index (χ2n) is 6.19. The third-order valence-corrected chi connectivity index (χ3v) is 3.30. The van der Waals surface area contributed by atoms with Gasteiger partial charge in [-0.25, -0.2) is 4.98 Å². The fourth-order valence-corrected chi connectivity index (χ4v) is 2.14. The lowest BCUT2D eigenvalue weighted by atomic mass is 9.85. The fourth-order valence-electron chi connectivity index (χ4n) is 2.14.